The van der Waals surface area contributed by atoms with Crippen LogP contribution in [0, 0.1) is 0 Å². The van der Waals surface area contributed by atoms with E-state index in [-0.39, 0.29) is 10.7 Å². The van der Waals surface area contributed by atoms with Crippen molar-refractivity contribution in [3.63, 3.8) is 0 Å². The SMILES string of the molecule is CCc1nn(C)c(C(=O)c2ccc(S(C)(=O)=O)cc2C(F)(F)F)c1Cl. The van der Waals surface area contributed by atoms with Gasteiger partial charge in [0.2, 0.25) is 5.78 Å². The first-order chi connectivity index (χ1) is 11.4. The number of nitrogens with zero attached hydrogens (tertiary/aromatic N) is 2. The van der Waals surface area contributed by atoms with E-state index in [1.807, 2.05) is 0 Å². The second kappa shape index (κ2) is 6.45. The molecule has 25 heavy (non-hydrogen) atoms. The third-order valence-electron chi connectivity index (χ3n) is 3.57. The summed E-state index contributed by atoms with van der Waals surface area (Å²) >= 11 is 6.06. The number of hydrogen-bond acceptors (Lipinski definition) is 4. The molecule has 2 rings (SSSR count). The predicted molar refractivity (Wildman–Crippen MR) is 85.6 cm³/mol. The molecule has 0 spiro atoms. The van der Waals surface area contributed by atoms with Crippen LogP contribution in [0.3, 0.4) is 0 Å². The molecular weight excluding hydrogens is 381 g/mol. The van der Waals surface area contributed by atoms with Crippen LogP contribution in [0.15, 0.2) is 23.1 Å². The highest BCUT2D eigenvalue weighted by Crippen LogP contribution is 2.35. The molecule has 1 aromatic carbocycles. The lowest BCUT2D eigenvalue weighted by Gasteiger charge is -2.13. The lowest BCUT2D eigenvalue weighted by atomic mass is 10.0. The summed E-state index contributed by atoms with van der Waals surface area (Å²) in [4.78, 5) is 12.1. The minimum absolute atomic E-state index is 0.0182. The van der Waals surface area contributed by atoms with Crippen molar-refractivity contribution in [3.05, 3.63) is 45.7 Å². The Morgan fingerprint density at radius 1 is 1.32 bits per heavy atom. The van der Waals surface area contributed by atoms with Crippen molar-refractivity contribution in [1.29, 1.82) is 0 Å². The minimum atomic E-state index is -4.91. The van der Waals surface area contributed by atoms with Gasteiger partial charge in [-0.3, -0.25) is 9.48 Å². The van der Waals surface area contributed by atoms with Crippen LogP contribution in [0.4, 0.5) is 13.2 Å². The molecule has 0 aliphatic rings. The van der Waals surface area contributed by atoms with Gasteiger partial charge in [-0.15, -0.1) is 0 Å². The Morgan fingerprint density at radius 3 is 2.36 bits per heavy atom. The number of rotatable bonds is 4. The topological polar surface area (TPSA) is 69.0 Å². The van der Waals surface area contributed by atoms with E-state index in [4.69, 9.17) is 11.6 Å². The summed E-state index contributed by atoms with van der Waals surface area (Å²) in [7, 11) is -2.46. The van der Waals surface area contributed by atoms with Gasteiger partial charge >= 0.3 is 6.18 Å². The van der Waals surface area contributed by atoms with Gasteiger partial charge in [0.1, 0.15) is 5.69 Å². The Bertz CT molecular complexity index is 950. The number of carbonyl (C=O) groups is 1. The second-order valence-electron chi connectivity index (χ2n) is 5.39. The van der Waals surface area contributed by atoms with Gasteiger partial charge in [-0.05, 0) is 24.6 Å². The summed E-state index contributed by atoms with van der Waals surface area (Å²) < 4.78 is 64.3. The summed E-state index contributed by atoms with van der Waals surface area (Å²) in [6, 6.07) is 2.26. The molecule has 1 aromatic heterocycles. The van der Waals surface area contributed by atoms with Gasteiger partial charge in [-0.2, -0.15) is 18.3 Å². The van der Waals surface area contributed by atoms with Crippen molar-refractivity contribution in [2.75, 3.05) is 6.26 Å². The van der Waals surface area contributed by atoms with Crippen LogP contribution >= 0.6 is 11.6 Å². The van der Waals surface area contributed by atoms with Gasteiger partial charge in [0.15, 0.2) is 9.84 Å². The molecule has 0 aliphatic heterocycles. The number of ketones is 1. The molecule has 0 fully saturated rings. The van der Waals surface area contributed by atoms with E-state index >= 15 is 0 Å². The van der Waals surface area contributed by atoms with E-state index in [1.165, 1.54) is 7.05 Å². The smallest absolute Gasteiger partial charge is 0.287 e. The highest BCUT2D eigenvalue weighted by molar-refractivity contribution is 7.90. The van der Waals surface area contributed by atoms with Crippen LogP contribution in [0.25, 0.3) is 0 Å². The highest BCUT2D eigenvalue weighted by atomic mass is 35.5. The minimum Gasteiger partial charge on any atom is -0.287 e. The van der Waals surface area contributed by atoms with Crippen molar-refractivity contribution in [1.82, 2.24) is 9.78 Å². The fourth-order valence-electron chi connectivity index (χ4n) is 2.34. The second-order valence-corrected chi connectivity index (χ2v) is 7.79. The summed E-state index contributed by atoms with van der Waals surface area (Å²) in [6.45, 7) is 1.74. The molecule has 0 aliphatic carbocycles. The third-order valence-corrected chi connectivity index (χ3v) is 5.08. The summed E-state index contributed by atoms with van der Waals surface area (Å²) in [5, 5.41) is 3.99. The molecule has 0 bridgehead atoms. The number of benzene rings is 1. The van der Waals surface area contributed by atoms with E-state index in [0.29, 0.717) is 18.2 Å². The van der Waals surface area contributed by atoms with Crippen molar-refractivity contribution in [3.8, 4) is 0 Å². The third kappa shape index (κ3) is 3.72. The zero-order chi connectivity index (χ0) is 19.2. The van der Waals surface area contributed by atoms with Crippen LogP contribution in [0.1, 0.15) is 34.2 Å². The largest absolute Gasteiger partial charge is 0.417 e. The van der Waals surface area contributed by atoms with E-state index < -0.39 is 37.8 Å². The predicted octanol–water partition coefficient (Wildman–Crippen LogP) is 3.29. The molecule has 0 saturated carbocycles. The van der Waals surface area contributed by atoms with Crippen molar-refractivity contribution >= 4 is 27.2 Å². The fraction of sp³-hybridized carbons (Fsp3) is 0.333. The monoisotopic (exact) mass is 394 g/mol. The van der Waals surface area contributed by atoms with Gasteiger partial charge < -0.3 is 0 Å². The van der Waals surface area contributed by atoms with Crippen LogP contribution in [0.5, 0.6) is 0 Å². The Hall–Kier alpha value is -1.87. The zero-order valence-corrected chi connectivity index (χ0v) is 15.1. The van der Waals surface area contributed by atoms with Gasteiger partial charge in [0.25, 0.3) is 0 Å². The lowest BCUT2D eigenvalue weighted by molar-refractivity contribution is -0.138. The maximum absolute atomic E-state index is 13.4. The first kappa shape index (κ1) is 19.5. The number of halogens is 4. The summed E-state index contributed by atoms with van der Waals surface area (Å²) in [5.41, 5.74) is -1.83. The molecule has 0 amide bonds. The molecule has 1 heterocycles. The Balaban J connectivity index is 2.71. The number of carbonyl (C=O) groups excluding carboxylic acids is 1. The van der Waals surface area contributed by atoms with Gasteiger partial charge in [0.05, 0.1) is 21.2 Å². The lowest BCUT2D eigenvalue weighted by Crippen LogP contribution is -2.17. The molecule has 0 atom stereocenters. The Kier molecular flexibility index (Phi) is 5.02. The molecule has 10 heteroatoms. The average Bonchev–Trinajstić information content (AvgIpc) is 2.78. The zero-order valence-electron chi connectivity index (χ0n) is 13.5. The van der Waals surface area contributed by atoms with E-state index in [9.17, 15) is 26.4 Å². The van der Waals surface area contributed by atoms with Crippen LogP contribution in [-0.4, -0.2) is 30.2 Å². The Morgan fingerprint density at radius 2 is 1.92 bits per heavy atom. The maximum Gasteiger partial charge on any atom is 0.417 e. The summed E-state index contributed by atoms with van der Waals surface area (Å²) in [5.74, 6) is -0.980. The van der Waals surface area contributed by atoms with E-state index in [1.54, 1.807) is 6.92 Å². The van der Waals surface area contributed by atoms with E-state index in [0.717, 1.165) is 23.1 Å². The molecular formula is C15H14ClF3N2O3S. The number of sulfone groups is 1. The number of alkyl halides is 3. The van der Waals surface area contributed by atoms with Gasteiger partial charge in [-0.25, -0.2) is 8.42 Å². The average molecular weight is 395 g/mol. The van der Waals surface area contributed by atoms with E-state index in [2.05, 4.69) is 5.10 Å². The summed E-state index contributed by atoms with van der Waals surface area (Å²) in [6.07, 6.45) is -3.72. The van der Waals surface area contributed by atoms with Crippen molar-refractivity contribution in [2.45, 2.75) is 24.4 Å². The van der Waals surface area contributed by atoms with Gasteiger partial charge in [0, 0.05) is 18.9 Å². The van der Waals surface area contributed by atoms with Crippen LogP contribution < -0.4 is 0 Å². The molecule has 0 radical (unpaired) electrons. The first-order valence-corrected chi connectivity index (χ1v) is 9.32. The molecule has 0 N–H and O–H groups in total. The maximum atomic E-state index is 13.4. The highest BCUT2D eigenvalue weighted by Gasteiger charge is 2.37. The molecule has 2 aromatic rings. The van der Waals surface area contributed by atoms with Crippen LogP contribution in [-0.2, 0) is 29.5 Å². The molecule has 0 saturated heterocycles. The quantitative estimate of drug-likeness (QED) is 0.746. The standard InChI is InChI=1S/C15H14ClF3N2O3S/c1-4-11-12(16)13(21(2)20-11)14(22)9-6-5-8(25(3,23)24)7-10(9)15(17,18)19/h5-7H,4H2,1-3H3. The normalized spacial score (nSPS) is 12.4. The van der Waals surface area contributed by atoms with Crippen LogP contribution in [0.2, 0.25) is 5.02 Å². The van der Waals surface area contributed by atoms with Crippen molar-refractivity contribution < 1.29 is 26.4 Å². The molecule has 136 valence electrons. The number of aromatic nitrogens is 2. The molecule has 0 unspecified atom stereocenters. The number of aryl methyl sites for hydroxylation is 2. The first-order valence-electron chi connectivity index (χ1n) is 7.05. The Labute approximate surface area is 147 Å². The molecule has 5 nitrogen and oxygen atoms in total. The van der Waals surface area contributed by atoms with Gasteiger partial charge in [-0.1, -0.05) is 18.5 Å². The fourth-order valence-corrected chi connectivity index (χ4v) is 3.37. The number of hydrogen-bond donors (Lipinski definition) is 0. The van der Waals surface area contributed by atoms with Crippen molar-refractivity contribution in [2.24, 2.45) is 7.05 Å².